The molecule has 5 nitrogen and oxygen atoms in total. The van der Waals surface area contributed by atoms with Crippen molar-refractivity contribution >= 4 is 17.7 Å². The molecular weight excluding hydrogens is 284 g/mol. The fourth-order valence-electron chi connectivity index (χ4n) is 1.94. The van der Waals surface area contributed by atoms with Crippen LogP contribution in [0.1, 0.15) is 33.2 Å². The summed E-state index contributed by atoms with van der Waals surface area (Å²) in [6, 6.07) is 10.2. The number of carbonyl (C=O) groups excluding carboxylic acids is 1. The van der Waals surface area contributed by atoms with Crippen molar-refractivity contribution in [2.24, 2.45) is 5.73 Å². The first-order valence-electron chi connectivity index (χ1n) is 7.00. The Labute approximate surface area is 128 Å². The molecule has 112 valence electrons. The van der Waals surface area contributed by atoms with Gasteiger partial charge in [-0.25, -0.2) is 0 Å². The number of hydrogen-bond donors (Lipinski definition) is 1. The van der Waals surface area contributed by atoms with Crippen molar-refractivity contribution in [3.05, 3.63) is 30.3 Å². The fourth-order valence-corrected chi connectivity index (χ4v) is 2.84. The van der Waals surface area contributed by atoms with E-state index in [9.17, 15) is 4.79 Å². The van der Waals surface area contributed by atoms with Crippen molar-refractivity contribution in [3.63, 3.8) is 0 Å². The second kappa shape index (κ2) is 6.76. The second-order valence-electron chi connectivity index (χ2n) is 4.96. The maximum atomic E-state index is 11.3. The molecular formula is C15H20N4OS. The van der Waals surface area contributed by atoms with Gasteiger partial charge in [0, 0.05) is 11.6 Å². The summed E-state index contributed by atoms with van der Waals surface area (Å²) in [5.41, 5.74) is 6.36. The normalized spacial score (nSPS) is 13.9. The molecule has 0 fully saturated rings. The smallest absolute Gasteiger partial charge is 0.230 e. The number of nitrogens with zero attached hydrogens (tertiary/aromatic N) is 3. The number of hydrogen-bond acceptors (Lipinski definition) is 4. The maximum absolute atomic E-state index is 11.3. The Morgan fingerprint density at radius 2 is 1.95 bits per heavy atom. The molecule has 2 rings (SSSR count). The molecule has 1 amide bonds. The largest absolute Gasteiger partial charge is 0.369 e. The molecule has 2 aromatic rings. The lowest BCUT2D eigenvalue weighted by Gasteiger charge is -2.17. The van der Waals surface area contributed by atoms with E-state index in [-0.39, 0.29) is 17.2 Å². The first-order valence-corrected chi connectivity index (χ1v) is 7.88. The van der Waals surface area contributed by atoms with Gasteiger partial charge in [0.05, 0.1) is 5.25 Å². The van der Waals surface area contributed by atoms with E-state index >= 15 is 0 Å². The first kappa shape index (κ1) is 15.6. The van der Waals surface area contributed by atoms with Crippen LogP contribution in [0.3, 0.4) is 0 Å². The summed E-state index contributed by atoms with van der Waals surface area (Å²) in [5, 5.41) is 8.96. The summed E-state index contributed by atoms with van der Waals surface area (Å²) in [7, 11) is 0. The van der Waals surface area contributed by atoms with Gasteiger partial charge in [0.25, 0.3) is 0 Å². The number of aromatic nitrogens is 3. The van der Waals surface area contributed by atoms with Gasteiger partial charge in [0.2, 0.25) is 5.91 Å². The van der Waals surface area contributed by atoms with Crippen LogP contribution in [0.4, 0.5) is 0 Å². The van der Waals surface area contributed by atoms with Crippen LogP contribution in [0.5, 0.6) is 0 Å². The summed E-state index contributed by atoms with van der Waals surface area (Å²) in [4.78, 5) is 11.3. The zero-order valence-corrected chi connectivity index (χ0v) is 13.3. The quantitative estimate of drug-likeness (QED) is 0.833. The molecule has 6 heteroatoms. The monoisotopic (exact) mass is 304 g/mol. The molecule has 0 saturated heterocycles. The minimum Gasteiger partial charge on any atom is -0.369 e. The number of thioether (sulfide) groups is 1. The molecule has 0 radical (unpaired) electrons. The summed E-state index contributed by atoms with van der Waals surface area (Å²) in [6.07, 6.45) is 0.955. The van der Waals surface area contributed by atoms with Crippen LogP contribution >= 0.6 is 11.8 Å². The molecule has 0 bridgehead atoms. The lowest BCUT2D eigenvalue weighted by Crippen LogP contribution is -2.23. The minimum atomic E-state index is -0.347. The minimum absolute atomic E-state index is 0.248. The molecule has 21 heavy (non-hydrogen) atoms. The van der Waals surface area contributed by atoms with E-state index in [4.69, 9.17) is 5.73 Å². The molecule has 1 heterocycles. The van der Waals surface area contributed by atoms with Gasteiger partial charge in [-0.1, -0.05) is 49.0 Å². The Morgan fingerprint density at radius 3 is 2.52 bits per heavy atom. The Balaban J connectivity index is 2.43. The predicted molar refractivity (Wildman–Crippen MR) is 85.0 cm³/mol. The van der Waals surface area contributed by atoms with Crippen molar-refractivity contribution < 1.29 is 4.79 Å². The standard InChI is InChI=1S/C15H20N4OS/c1-4-10(2)19-14(12-8-6-5-7-9-12)17-18-15(19)21-11(3)13(16)20/h5-11H,4H2,1-3H3,(H2,16,20)/t10-,11+/m1/s1. The number of primary amides is 1. The molecule has 0 saturated carbocycles. The van der Waals surface area contributed by atoms with Gasteiger partial charge in [0.15, 0.2) is 11.0 Å². The molecule has 1 aromatic heterocycles. The Bertz CT molecular complexity index is 611. The molecule has 0 aliphatic heterocycles. The van der Waals surface area contributed by atoms with Gasteiger partial charge in [-0.05, 0) is 20.3 Å². The summed E-state index contributed by atoms with van der Waals surface area (Å²) in [5.74, 6) is 0.476. The zero-order chi connectivity index (χ0) is 15.4. The van der Waals surface area contributed by atoms with E-state index < -0.39 is 0 Å². The third-order valence-electron chi connectivity index (χ3n) is 3.41. The van der Waals surface area contributed by atoms with Crippen LogP contribution in [-0.4, -0.2) is 25.9 Å². The zero-order valence-electron chi connectivity index (χ0n) is 12.5. The van der Waals surface area contributed by atoms with Crippen molar-refractivity contribution in [1.29, 1.82) is 0 Å². The van der Waals surface area contributed by atoms with Crippen LogP contribution in [0.15, 0.2) is 35.5 Å². The van der Waals surface area contributed by atoms with Crippen molar-refractivity contribution in [3.8, 4) is 11.4 Å². The highest BCUT2D eigenvalue weighted by atomic mass is 32.2. The summed E-state index contributed by atoms with van der Waals surface area (Å²) < 4.78 is 2.08. The highest BCUT2D eigenvalue weighted by Gasteiger charge is 2.21. The maximum Gasteiger partial charge on any atom is 0.230 e. The first-order chi connectivity index (χ1) is 10.0. The van der Waals surface area contributed by atoms with Crippen LogP contribution in [-0.2, 0) is 4.79 Å². The van der Waals surface area contributed by atoms with Gasteiger partial charge < -0.3 is 5.73 Å². The second-order valence-corrected chi connectivity index (χ2v) is 6.27. The number of carbonyl (C=O) groups is 1. The molecule has 0 spiro atoms. The van der Waals surface area contributed by atoms with Gasteiger partial charge in [-0.15, -0.1) is 10.2 Å². The number of rotatable bonds is 6. The lowest BCUT2D eigenvalue weighted by molar-refractivity contribution is -0.117. The fraction of sp³-hybridized carbons (Fsp3) is 0.400. The van der Waals surface area contributed by atoms with E-state index in [0.29, 0.717) is 0 Å². The van der Waals surface area contributed by atoms with Crippen molar-refractivity contribution in [2.75, 3.05) is 0 Å². The van der Waals surface area contributed by atoms with Crippen LogP contribution < -0.4 is 5.73 Å². The van der Waals surface area contributed by atoms with E-state index in [1.165, 1.54) is 11.8 Å². The lowest BCUT2D eigenvalue weighted by atomic mass is 10.2. The van der Waals surface area contributed by atoms with Gasteiger partial charge in [-0.3, -0.25) is 9.36 Å². The topological polar surface area (TPSA) is 73.8 Å². The van der Waals surface area contributed by atoms with E-state index in [1.54, 1.807) is 6.92 Å². The van der Waals surface area contributed by atoms with Gasteiger partial charge in [-0.2, -0.15) is 0 Å². The Kier molecular flexibility index (Phi) is 5.01. The van der Waals surface area contributed by atoms with E-state index in [2.05, 4.69) is 28.6 Å². The summed E-state index contributed by atoms with van der Waals surface area (Å²) in [6.45, 7) is 6.02. The van der Waals surface area contributed by atoms with Crippen molar-refractivity contribution in [1.82, 2.24) is 14.8 Å². The highest BCUT2D eigenvalue weighted by Crippen LogP contribution is 2.30. The molecule has 0 aliphatic rings. The van der Waals surface area contributed by atoms with Gasteiger partial charge in [0.1, 0.15) is 0 Å². The highest BCUT2D eigenvalue weighted by molar-refractivity contribution is 8.00. The van der Waals surface area contributed by atoms with Crippen LogP contribution in [0, 0.1) is 0 Å². The summed E-state index contributed by atoms with van der Waals surface area (Å²) >= 11 is 1.35. The van der Waals surface area contributed by atoms with Crippen LogP contribution in [0.2, 0.25) is 0 Å². The third kappa shape index (κ3) is 3.44. The van der Waals surface area contributed by atoms with E-state index in [0.717, 1.165) is 23.0 Å². The number of amides is 1. The SMILES string of the molecule is CC[C@@H](C)n1c(S[C@@H](C)C(N)=O)nnc1-c1ccccc1. The Morgan fingerprint density at radius 1 is 1.29 bits per heavy atom. The molecule has 0 aliphatic carbocycles. The average Bonchev–Trinajstić information content (AvgIpc) is 2.90. The molecule has 2 N–H and O–H groups in total. The molecule has 2 atom stereocenters. The predicted octanol–water partition coefficient (Wildman–Crippen LogP) is 2.88. The van der Waals surface area contributed by atoms with Gasteiger partial charge >= 0.3 is 0 Å². The molecule has 1 aromatic carbocycles. The van der Waals surface area contributed by atoms with Crippen LogP contribution in [0.25, 0.3) is 11.4 Å². The average molecular weight is 304 g/mol. The Hall–Kier alpha value is -1.82. The third-order valence-corrected chi connectivity index (χ3v) is 4.49. The van der Waals surface area contributed by atoms with E-state index in [1.807, 2.05) is 30.3 Å². The molecule has 0 unspecified atom stereocenters. The number of nitrogens with two attached hydrogens (primary N) is 1. The van der Waals surface area contributed by atoms with Crippen molar-refractivity contribution in [2.45, 2.75) is 43.6 Å². The number of benzene rings is 1.